The summed E-state index contributed by atoms with van der Waals surface area (Å²) in [7, 11) is 1.56. The number of aliphatic carboxylic acids is 1. The molecule has 1 aromatic rings. The Kier molecular flexibility index (Phi) is 5.20. The summed E-state index contributed by atoms with van der Waals surface area (Å²) < 4.78 is 5.25. The number of rotatable bonds is 6. The van der Waals surface area contributed by atoms with E-state index in [0.717, 1.165) is 31.2 Å². The smallest absolute Gasteiger partial charge is 0.323 e. The van der Waals surface area contributed by atoms with Crippen molar-refractivity contribution in [3.8, 4) is 5.75 Å². The Morgan fingerprint density at radius 3 is 2.57 bits per heavy atom. The van der Waals surface area contributed by atoms with E-state index in [9.17, 15) is 9.59 Å². The van der Waals surface area contributed by atoms with Gasteiger partial charge in [-0.05, 0) is 18.9 Å². The van der Waals surface area contributed by atoms with E-state index in [1.54, 1.807) is 13.2 Å². The van der Waals surface area contributed by atoms with Crippen LogP contribution >= 0.6 is 0 Å². The maximum Gasteiger partial charge on any atom is 0.323 e. The van der Waals surface area contributed by atoms with Gasteiger partial charge in [-0.3, -0.25) is 9.59 Å². The third kappa shape index (κ3) is 3.97. The van der Waals surface area contributed by atoms with Gasteiger partial charge in [0, 0.05) is 11.6 Å². The van der Waals surface area contributed by atoms with Crippen LogP contribution in [0.4, 0.5) is 0 Å². The van der Waals surface area contributed by atoms with Gasteiger partial charge in [0.2, 0.25) is 5.91 Å². The largest absolute Gasteiger partial charge is 0.496 e. The molecule has 114 valence electrons. The molecule has 1 N–H and O–H groups in total. The average molecular weight is 291 g/mol. The first kappa shape index (κ1) is 15.4. The van der Waals surface area contributed by atoms with Gasteiger partial charge in [-0.25, -0.2) is 0 Å². The second-order valence-electron chi connectivity index (χ2n) is 5.34. The van der Waals surface area contributed by atoms with Crippen LogP contribution in [0.5, 0.6) is 5.75 Å². The highest BCUT2D eigenvalue weighted by molar-refractivity contribution is 5.83. The van der Waals surface area contributed by atoms with Gasteiger partial charge in [0.15, 0.2) is 0 Å². The summed E-state index contributed by atoms with van der Waals surface area (Å²) in [6.07, 6.45) is 4.08. The lowest BCUT2D eigenvalue weighted by atomic mass is 10.1. The van der Waals surface area contributed by atoms with E-state index in [2.05, 4.69) is 0 Å². The predicted molar refractivity (Wildman–Crippen MR) is 78.3 cm³/mol. The van der Waals surface area contributed by atoms with E-state index in [-0.39, 0.29) is 24.9 Å². The second kappa shape index (κ2) is 7.11. The first-order valence-electron chi connectivity index (χ1n) is 7.25. The van der Waals surface area contributed by atoms with Crippen molar-refractivity contribution < 1.29 is 19.4 Å². The number of hydrogen-bond acceptors (Lipinski definition) is 3. The molecule has 0 spiro atoms. The van der Waals surface area contributed by atoms with Gasteiger partial charge in [-0.2, -0.15) is 0 Å². The SMILES string of the molecule is COc1ccccc1CC(=O)N(CC(=O)O)C1CCCC1. The molecule has 0 unspecified atom stereocenters. The van der Waals surface area contributed by atoms with Crippen LogP contribution in [0.3, 0.4) is 0 Å². The van der Waals surface area contributed by atoms with Crippen molar-refractivity contribution in [3.05, 3.63) is 29.8 Å². The number of amides is 1. The summed E-state index contributed by atoms with van der Waals surface area (Å²) in [6.45, 7) is -0.224. The third-order valence-corrected chi connectivity index (χ3v) is 3.93. The summed E-state index contributed by atoms with van der Waals surface area (Å²) in [5.41, 5.74) is 0.790. The fourth-order valence-electron chi connectivity index (χ4n) is 2.90. The Hall–Kier alpha value is -2.04. The molecule has 1 aromatic carbocycles. The third-order valence-electron chi connectivity index (χ3n) is 3.93. The summed E-state index contributed by atoms with van der Waals surface area (Å²) in [6, 6.07) is 7.40. The molecule has 5 heteroatoms. The molecule has 0 saturated heterocycles. The zero-order valence-corrected chi connectivity index (χ0v) is 12.2. The minimum Gasteiger partial charge on any atom is -0.496 e. The van der Waals surface area contributed by atoms with E-state index >= 15 is 0 Å². The number of carboxylic acid groups (broad SMARTS) is 1. The van der Waals surface area contributed by atoms with Gasteiger partial charge in [0.1, 0.15) is 12.3 Å². The number of para-hydroxylation sites is 1. The van der Waals surface area contributed by atoms with Gasteiger partial charge in [-0.15, -0.1) is 0 Å². The minimum atomic E-state index is -0.963. The van der Waals surface area contributed by atoms with Gasteiger partial charge in [0.25, 0.3) is 0 Å². The Balaban J connectivity index is 2.12. The highest BCUT2D eigenvalue weighted by Gasteiger charge is 2.28. The molecule has 0 aliphatic heterocycles. The van der Waals surface area contributed by atoms with Crippen molar-refractivity contribution >= 4 is 11.9 Å². The molecule has 1 aliphatic carbocycles. The van der Waals surface area contributed by atoms with Crippen LogP contribution in [-0.2, 0) is 16.0 Å². The quantitative estimate of drug-likeness (QED) is 0.871. The molecule has 2 rings (SSSR count). The number of ether oxygens (including phenoxy) is 1. The number of carbonyl (C=O) groups excluding carboxylic acids is 1. The van der Waals surface area contributed by atoms with E-state index in [1.807, 2.05) is 18.2 Å². The molecule has 0 atom stereocenters. The van der Waals surface area contributed by atoms with E-state index in [4.69, 9.17) is 9.84 Å². The zero-order chi connectivity index (χ0) is 15.2. The summed E-state index contributed by atoms with van der Waals surface area (Å²) in [5.74, 6) is -0.448. The maximum absolute atomic E-state index is 12.5. The Labute approximate surface area is 124 Å². The predicted octanol–water partition coefficient (Wildman–Crippen LogP) is 2.09. The molecule has 1 amide bonds. The molecule has 0 aromatic heterocycles. The molecule has 0 heterocycles. The lowest BCUT2D eigenvalue weighted by molar-refractivity contribution is -0.145. The van der Waals surface area contributed by atoms with Crippen molar-refractivity contribution in [1.82, 2.24) is 4.90 Å². The van der Waals surface area contributed by atoms with Crippen LogP contribution in [0.15, 0.2) is 24.3 Å². The van der Waals surface area contributed by atoms with Crippen LogP contribution < -0.4 is 4.74 Å². The number of carboxylic acids is 1. The summed E-state index contributed by atoms with van der Waals surface area (Å²) >= 11 is 0. The molecular formula is C16H21NO4. The van der Waals surface area contributed by atoms with Crippen molar-refractivity contribution in [2.45, 2.75) is 38.1 Å². The zero-order valence-electron chi connectivity index (χ0n) is 12.2. The molecule has 21 heavy (non-hydrogen) atoms. The second-order valence-corrected chi connectivity index (χ2v) is 5.34. The molecular weight excluding hydrogens is 270 g/mol. The first-order valence-corrected chi connectivity index (χ1v) is 7.25. The van der Waals surface area contributed by atoms with Gasteiger partial charge in [-0.1, -0.05) is 31.0 Å². The van der Waals surface area contributed by atoms with E-state index < -0.39 is 5.97 Å². The maximum atomic E-state index is 12.5. The fraction of sp³-hybridized carbons (Fsp3) is 0.500. The average Bonchev–Trinajstić information content (AvgIpc) is 2.99. The van der Waals surface area contributed by atoms with Crippen molar-refractivity contribution in [2.24, 2.45) is 0 Å². The topological polar surface area (TPSA) is 66.8 Å². The minimum absolute atomic E-state index is 0.0586. The Morgan fingerprint density at radius 1 is 1.29 bits per heavy atom. The van der Waals surface area contributed by atoms with Crippen molar-refractivity contribution in [1.29, 1.82) is 0 Å². The highest BCUT2D eigenvalue weighted by atomic mass is 16.5. The summed E-state index contributed by atoms with van der Waals surface area (Å²) in [4.78, 5) is 25.1. The van der Waals surface area contributed by atoms with Gasteiger partial charge >= 0.3 is 5.97 Å². The van der Waals surface area contributed by atoms with Crippen LogP contribution in [0.2, 0.25) is 0 Å². The molecule has 1 fully saturated rings. The fourth-order valence-corrected chi connectivity index (χ4v) is 2.90. The van der Waals surface area contributed by atoms with Gasteiger partial charge < -0.3 is 14.7 Å². The number of methoxy groups -OCH3 is 1. The molecule has 1 saturated carbocycles. The number of benzene rings is 1. The van der Waals surface area contributed by atoms with Crippen LogP contribution in [0.25, 0.3) is 0 Å². The van der Waals surface area contributed by atoms with Crippen molar-refractivity contribution in [3.63, 3.8) is 0 Å². The molecule has 0 radical (unpaired) electrons. The monoisotopic (exact) mass is 291 g/mol. The number of carbonyl (C=O) groups is 2. The Morgan fingerprint density at radius 2 is 1.95 bits per heavy atom. The molecule has 5 nitrogen and oxygen atoms in total. The standard InChI is InChI=1S/C16H21NO4/c1-21-14-9-5-2-6-12(14)10-15(18)17(11-16(19)20)13-7-3-4-8-13/h2,5-6,9,13H,3-4,7-8,10-11H2,1H3,(H,19,20). The van der Waals surface area contributed by atoms with Crippen LogP contribution in [0, 0.1) is 0 Å². The van der Waals surface area contributed by atoms with Crippen LogP contribution in [-0.4, -0.2) is 41.6 Å². The van der Waals surface area contributed by atoms with E-state index in [0.29, 0.717) is 5.75 Å². The number of nitrogens with zero attached hydrogens (tertiary/aromatic N) is 1. The van der Waals surface area contributed by atoms with Crippen LogP contribution in [0.1, 0.15) is 31.2 Å². The molecule has 0 bridgehead atoms. The van der Waals surface area contributed by atoms with Gasteiger partial charge in [0.05, 0.1) is 13.5 Å². The Bertz CT molecular complexity index is 509. The lowest BCUT2D eigenvalue weighted by Gasteiger charge is -2.27. The van der Waals surface area contributed by atoms with E-state index in [1.165, 1.54) is 4.90 Å². The van der Waals surface area contributed by atoms with Crippen molar-refractivity contribution in [2.75, 3.05) is 13.7 Å². The summed E-state index contributed by atoms with van der Waals surface area (Å²) in [5, 5.41) is 9.04. The highest BCUT2D eigenvalue weighted by Crippen LogP contribution is 2.25. The normalized spacial score (nSPS) is 14.9. The molecule has 1 aliphatic rings. The first-order chi connectivity index (χ1) is 10.1. The number of hydrogen-bond donors (Lipinski definition) is 1. The lowest BCUT2D eigenvalue weighted by Crippen LogP contribution is -2.43.